The summed E-state index contributed by atoms with van der Waals surface area (Å²) in [7, 11) is -4.14. The molecule has 3 rings (SSSR count). The normalized spacial score (nSPS) is 11.6. The molecule has 3 aromatic rings. The van der Waals surface area contributed by atoms with Gasteiger partial charge in [0.25, 0.3) is 5.56 Å². The van der Waals surface area contributed by atoms with Gasteiger partial charge in [-0.2, -0.15) is 8.42 Å². The summed E-state index contributed by atoms with van der Waals surface area (Å²) in [6, 6.07) is 7.49. The van der Waals surface area contributed by atoms with E-state index in [1.807, 2.05) is 13.0 Å². The molecule has 1 aromatic heterocycles. The third-order valence-corrected chi connectivity index (χ3v) is 5.28. The van der Waals surface area contributed by atoms with E-state index in [1.54, 1.807) is 19.9 Å². The predicted octanol–water partition coefficient (Wildman–Crippen LogP) is 1.91. The summed E-state index contributed by atoms with van der Waals surface area (Å²) in [5.41, 5.74) is 1.24. The van der Waals surface area contributed by atoms with Crippen molar-refractivity contribution < 1.29 is 12.6 Å². The maximum atomic E-state index is 12.6. The number of aryl methyl sites for hydroxylation is 2. The molecular weight excluding hydrogens is 344 g/mol. The van der Waals surface area contributed by atoms with Gasteiger partial charge >= 0.3 is 15.8 Å². The highest BCUT2D eigenvalue weighted by molar-refractivity contribution is 7.87. The van der Waals surface area contributed by atoms with Crippen LogP contribution in [0.25, 0.3) is 10.9 Å². The van der Waals surface area contributed by atoms with E-state index < -0.39 is 21.4 Å². The summed E-state index contributed by atoms with van der Waals surface area (Å²) >= 11 is 0. The molecule has 130 valence electrons. The molecule has 1 heterocycles. The van der Waals surface area contributed by atoms with Crippen molar-refractivity contribution in [3.05, 3.63) is 67.9 Å². The summed E-state index contributed by atoms with van der Waals surface area (Å²) in [5, 5.41) is 0.0574. The minimum Gasteiger partial charge on any atom is -0.378 e. The fraction of sp³-hybridized carbons (Fsp3) is 0.176. The van der Waals surface area contributed by atoms with Crippen molar-refractivity contribution in [3.63, 3.8) is 0 Å². The zero-order valence-corrected chi connectivity index (χ0v) is 14.7. The molecule has 0 amide bonds. The lowest BCUT2D eigenvalue weighted by atomic mass is 10.1. The standard InChI is InChI=1S/C17H16N2O5S/c1-9-4-5-10(2)15(11(9)3)24-25(22,23)12-6-7-14-13(8-12)16(20)19-17(21)18-14/h4-8H,1-3H3,(H2,18,19,20,21). The average Bonchev–Trinajstić information content (AvgIpc) is 2.54. The lowest BCUT2D eigenvalue weighted by Gasteiger charge is -2.14. The molecule has 8 heteroatoms. The Morgan fingerprint density at radius 2 is 1.60 bits per heavy atom. The van der Waals surface area contributed by atoms with Crippen molar-refractivity contribution in [2.45, 2.75) is 25.7 Å². The first-order chi connectivity index (χ1) is 11.7. The maximum absolute atomic E-state index is 12.6. The molecule has 0 aliphatic carbocycles. The van der Waals surface area contributed by atoms with Gasteiger partial charge in [-0.3, -0.25) is 9.78 Å². The van der Waals surface area contributed by atoms with E-state index in [2.05, 4.69) is 9.97 Å². The van der Waals surface area contributed by atoms with E-state index in [-0.39, 0.29) is 21.5 Å². The fourth-order valence-corrected chi connectivity index (χ4v) is 3.58. The Balaban J connectivity index is 2.13. The van der Waals surface area contributed by atoms with Crippen molar-refractivity contribution in [2.24, 2.45) is 0 Å². The van der Waals surface area contributed by atoms with E-state index in [1.165, 1.54) is 18.2 Å². The van der Waals surface area contributed by atoms with Gasteiger partial charge < -0.3 is 9.17 Å². The van der Waals surface area contributed by atoms with Crippen molar-refractivity contribution in [1.29, 1.82) is 0 Å². The van der Waals surface area contributed by atoms with Crippen molar-refractivity contribution in [1.82, 2.24) is 9.97 Å². The molecule has 0 aliphatic rings. The highest BCUT2D eigenvalue weighted by Crippen LogP contribution is 2.29. The number of rotatable bonds is 3. The summed E-state index contributed by atoms with van der Waals surface area (Å²) in [6.07, 6.45) is 0. The molecule has 0 unspecified atom stereocenters. The van der Waals surface area contributed by atoms with Gasteiger partial charge in [0.1, 0.15) is 10.6 Å². The lowest BCUT2D eigenvalue weighted by molar-refractivity contribution is 0.482. The van der Waals surface area contributed by atoms with Crippen LogP contribution in [0, 0.1) is 20.8 Å². The summed E-state index contributed by atoms with van der Waals surface area (Å²) in [4.78, 5) is 27.5. The number of aromatic amines is 2. The summed E-state index contributed by atoms with van der Waals surface area (Å²) in [6.45, 7) is 5.40. The van der Waals surface area contributed by atoms with E-state index >= 15 is 0 Å². The third kappa shape index (κ3) is 3.08. The van der Waals surface area contributed by atoms with Crippen molar-refractivity contribution >= 4 is 21.0 Å². The van der Waals surface area contributed by atoms with Gasteiger partial charge in [0.15, 0.2) is 0 Å². The van der Waals surface area contributed by atoms with Gasteiger partial charge in [-0.25, -0.2) is 4.79 Å². The second kappa shape index (κ2) is 5.89. The minimum absolute atomic E-state index is 0.0574. The van der Waals surface area contributed by atoms with Gasteiger partial charge in [0.2, 0.25) is 0 Å². The number of benzene rings is 2. The molecule has 0 aliphatic heterocycles. The highest BCUT2D eigenvalue weighted by atomic mass is 32.2. The smallest absolute Gasteiger partial charge is 0.339 e. The zero-order chi connectivity index (χ0) is 18.4. The summed E-state index contributed by atoms with van der Waals surface area (Å²) in [5.74, 6) is 0.274. The van der Waals surface area contributed by atoms with Crippen LogP contribution in [0.4, 0.5) is 0 Å². The minimum atomic E-state index is -4.14. The molecule has 0 radical (unpaired) electrons. The second-order valence-corrected chi connectivity index (χ2v) is 7.35. The number of hydrogen-bond acceptors (Lipinski definition) is 5. The molecule has 0 bridgehead atoms. The molecule has 7 nitrogen and oxygen atoms in total. The van der Waals surface area contributed by atoms with Crippen LogP contribution >= 0.6 is 0 Å². The Morgan fingerprint density at radius 1 is 0.920 bits per heavy atom. The van der Waals surface area contributed by atoms with Gasteiger partial charge in [0, 0.05) is 0 Å². The monoisotopic (exact) mass is 360 g/mol. The first-order valence-electron chi connectivity index (χ1n) is 7.47. The van der Waals surface area contributed by atoms with Crippen LogP contribution in [-0.4, -0.2) is 18.4 Å². The van der Waals surface area contributed by atoms with Crippen LogP contribution in [0.5, 0.6) is 5.75 Å². The van der Waals surface area contributed by atoms with Crippen LogP contribution in [0.1, 0.15) is 16.7 Å². The van der Waals surface area contributed by atoms with Gasteiger partial charge in [0.05, 0.1) is 10.9 Å². The van der Waals surface area contributed by atoms with Crippen LogP contribution in [0.3, 0.4) is 0 Å². The average molecular weight is 360 g/mol. The first-order valence-corrected chi connectivity index (χ1v) is 8.87. The molecular formula is C17H16N2O5S. The first kappa shape index (κ1) is 17.0. The molecule has 25 heavy (non-hydrogen) atoms. The van der Waals surface area contributed by atoms with E-state index in [0.29, 0.717) is 5.56 Å². The highest BCUT2D eigenvalue weighted by Gasteiger charge is 2.21. The number of aromatic nitrogens is 2. The lowest BCUT2D eigenvalue weighted by Crippen LogP contribution is -2.22. The largest absolute Gasteiger partial charge is 0.378 e. The van der Waals surface area contributed by atoms with Crippen molar-refractivity contribution in [2.75, 3.05) is 0 Å². The van der Waals surface area contributed by atoms with Crippen LogP contribution < -0.4 is 15.4 Å². The molecule has 0 spiro atoms. The van der Waals surface area contributed by atoms with Crippen molar-refractivity contribution in [3.8, 4) is 5.75 Å². The van der Waals surface area contributed by atoms with Gasteiger partial charge in [-0.05, 0) is 55.7 Å². The molecule has 0 fully saturated rings. The van der Waals surface area contributed by atoms with E-state index in [9.17, 15) is 18.0 Å². The number of fused-ring (bicyclic) bond motifs is 1. The number of hydrogen-bond donors (Lipinski definition) is 2. The Kier molecular flexibility index (Phi) is 4.00. The Bertz CT molecular complexity index is 1210. The Hall–Kier alpha value is -2.87. The van der Waals surface area contributed by atoms with Gasteiger partial charge in [-0.15, -0.1) is 0 Å². The second-order valence-electron chi connectivity index (χ2n) is 5.81. The van der Waals surface area contributed by atoms with E-state index in [0.717, 1.165) is 11.1 Å². The third-order valence-electron chi connectivity index (χ3n) is 4.07. The van der Waals surface area contributed by atoms with E-state index in [4.69, 9.17) is 4.18 Å². The Labute approximate surface area is 143 Å². The Morgan fingerprint density at radius 3 is 2.32 bits per heavy atom. The van der Waals surface area contributed by atoms with Crippen LogP contribution in [0.2, 0.25) is 0 Å². The molecule has 0 saturated heterocycles. The SMILES string of the molecule is Cc1ccc(C)c(OS(=O)(=O)c2ccc3[nH]c(=O)[nH]c(=O)c3c2)c1C. The predicted molar refractivity (Wildman–Crippen MR) is 93.7 cm³/mol. The maximum Gasteiger partial charge on any atom is 0.339 e. The zero-order valence-electron chi connectivity index (χ0n) is 13.8. The molecule has 2 N–H and O–H groups in total. The molecule has 0 atom stereocenters. The quantitative estimate of drug-likeness (QED) is 0.694. The number of H-pyrrole nitrogens is 2. The van der Waals surface area contributed by atoms with Crippen LogP contribution in [0.15, 0.2) is 44.8 Å². The number of nitrogens with one attached hydrogen (secondary N) is 2. The molecule has 2 aromatic carbocycles. The van der Waals surface area contributed by atoms with Gasteiger partial charge in [-0.1, -0.05) is 12.1 Å². The summed E-state index contributed by atoms with van der Waals surface area (Å²) < 4.78 is 30.6. The van der Waals surface area contributed by atoms with Crippen LogP contribution in [-0.2, 0) is 10.1 Å². The fourth-order valence-electron chi connectivity index (χ4n) is 2.51. The molecule has 0 saturated carbocycles. The topological polar surface area (TPSA) is 109 Å².